The highest BCUT2D eigenvalue weighted by atomic mass is 16.5. The number of ether oxygens (including phenoxy) is 1. The van der Waals surface area contributed by atoms with E-state index in [2.05, 4.69) is 12.2 Å². The van der Waals surface area contributed by atoms with Crippen molar-refractivity contribution in [2.45, 2.75) is 58.0 Å². The molecule has 1 saturated carbocycles. The minimum atomic E-state index is -0.148. The largest absolute Gasteiger partial charge is 0.459 e. The monoisotopic (exact) mass is 287 g/mol. The summed E-state index contributed by atoms with van der Waals surface area (Å²) in [6, 6.07) is 5.91. The van der Waals surface area contributed by atoms with Crippen molar-refractivity contribution in [3.05, 3.63) is 29.3 Å². The smallest absolute Gasteiger partial charge is 0.338 e. The van der Waals surface area contributed by atoms with E-state index in [-0.39, 0.29) is 12.1 Å². The maximum absolute atomic E-state index is 12.4. The zero-order chi connectivity index (χ0) is 14.7. The van der Waals surface area contributed by atoms with Crippen molar-refractivity contribution in [1.82, 2.24) is 0 Å². The fourth-order valence-corrected chi connectivity index (χ4v) is 3.54. The Morgan fingerprint density at radius 2 is 2.24 bits per heavy atom. The number of benzene rings is 1. The molecule has 3 heteroatoms. The van der Waals surface area contributed by atoms with Crippen LogP contribution in [0.25, 0.3) is 0 Å². The van der Waals surface area contributed by atoms with Crippen molar-refractivity contribution in [3.8, 4) is 0 Å². The summed E-state index contributed by atoms with van der Waals surface area (Å²) < 4.78 is 5.74. The van der Waals surface area contributed by atoms with E-state index in [1.165, 1.54) is 30.5 Å². The number of nitrogens with one attached hydrogen (secondary N) is 1. The van der Waals surface area contributed by atoms with Gasteiger partial charge in [0.1, 0.15) is 6.10 Å². The molecule has 0 saturated heterocycles. The van der Waals surface area contributed by atoms with E-state index < -0.39 is 0 Å². The molecule has 114 valence electrons. The number of carbonyl (C=O) groups is 1. The first-order valence-corrected chi connectivity index (χ1v) is 8.34. The predicted molar refractivity (Wildman–Crippen MR) is 84.7 cm³/mol. The van der Waals surface area contributed by atoms with Crippen LogP contribution in [-0.4, -0.2) is 18.6 Å². The standard InChI is InChI=1S/C18H25NO2/c1-2-13-5-3-7-16(11-13)21-18(20)15-8-9-17-14(12-15)6-4-10-19-17/h8-9,12-13,16,19H,2-7,10-11H2,1H3. The zero-order valence-corrected chi connectivity index (χ0v) is 12.9. The molecule has 1 aliphatic carbocycles. The Bertz CT molecular complexity index is 512. The molecule has 1 aromatic rings. The van der Waals surface area contributed by atoms with Crippen LogP contribution >= 0.6 is 0 Å². The normalized spacial score (nSPS) is 24.8. The molecule has 0 spiro atoms. The number of hydrogen-bond donors (Lipinski definition) is 1. The van der Waals surface area contributed by atoms with Crippen LogP contribution in [0.15, 0.2) is 18.2 Å². The van der Waals surface area contributed by atoms with Crippen LogP contribution in [0.4, 0.5) is 5.69 Å². The number of esters is 1. The van der Waals surface area contributed by atoms with Crippen LogP contribution in [0.3, 0.4) is 0 Å². The molecular formula is C18H25NO2. The number of hydrogen-bond acceptors (Lipinski definition) is 3. The summed E-state index contributed by atoms with van der Waals surface area (Å²) in [5.74, 6) is 0.578. The number of fused-ring (bicyclic) bond motifs is 1. The summed E-state index contributed by atoms with van der Waals surface area (Å²) in [4.78, 5) is 12.4. The quantitative estimate of drug-likeness (QED) is 0.848. The van der Waals surface area contributed by atoms with Crippen molar-refractivity contribution >= 4 is 11.7 Å². The third kappa shape index (κ3) is 3.39. The van der Waals surface area contributed by atoms with Gasteiger partial charge in [-0.05, 0) is 61.8 Å². The highest BCUT2D eigenvalue weighted by molar-refractivity contribution is 5.90. The molecule has 0 amide bonds. The predicted octanol–water partition coefficient (Wildman–Crippen LogP) is 4.17. The van der Waals surface area contributed by atoms with Crippen LogP contribution in [0.5, 0.6) is 0 Å². The molecule has 2 aliphatic rings. The van der Waals surface area contributed by atoms with Crippen molar-refractivity contribution in [3.63, 3.8) is 0 Å². The molecule has 0 radical (unpaired) electrons. The lowest BCUT2D eigenvalue weighted by Crippen LogP contribution is -2.25. The number of rotatable bonds is 3. The van der Waals surface area contributed by atoms with E-state index in [1.54, 1.807) is 0 Å². The number of aryl methyl sites for hydroxylation is 1. The van der Waals surface area contributed by atoms with E-state index in [4.69, 9.17) is 4.74 Å². The van der Waals surface area contributed by atoms with Crippen molar-refractivity contribution in [2.75, 3.05) is 11.9 Å². The van der Waals surface area contributed by atoms with Gasteiger partial charge < -0.3 is 10.1 Å². The van der Waals surface area contributed by atoms with Gasteiger partial charge in [-0.1, -0.05) is 19.8 Å². The lowest BCUT2D eigenvalue weighted by molar-refractivity contribution is 0.0140. The second-order valence-electron chi connectivity index (χ2n) is 6.37. The summed E-state index contributed by atoms with van der Waals surface area (Å²) in [5.41, 5.74) is 3.11. The van der Waals surface area contributed by atoms with Gasteiger partial charge in [0.15, 0.2) is 0 Å². The first-order valence-electron chi connectivity index (χ1n) is 8.34. The van der Waals surface area contributed by atoms with E-state index >= 15 is 0 Å². The number of anilines is 1. The summed E-state index contributed by atoms with van der Waals surface area (Å²) in [7, 11) is 0. The molecule has 1 aliphatic heterocycles. The van der Waals surface area contributed by atoms with Crippen molar-refractivity contribution in [1.29, 1.82) is 0 Å². The van der Waals surface area contributed by atoms with Gasteiger partial charge >= 0.3 is 5.97 Å². The molecule has 3 rings (SSSR count). The maximum Gasteiger partial charge on any atom is 0.338 e. The Morgan fingerprint density at radius 1 is 1.33 bits per heavy atom. The van der Waals surface area contributed by atoms with Gasteiger partial charge in [0.25, 0.3) is 0 Å². The molecule has 2 unspecified atom stereocenters. The molecule has 0 aromatic heterocycles. The van der Waals surface area contributed by atoms with Gasteiger partial charge in [0, 0.05) is 12.2 Å². The first kappa shape index (κ1) is 14.4. The molecule has 1 heterocycles. The number of carbonyl (C=O) groups excluding carboxylic acids is 1. The molecule has 21 heavy (non-hydrogen) atoms. The molecule has 1 fully saturated rings. The second-order valence-corrected chi connectivity index (χ2v) is 6.37. The second kappa shape index (κ2) is 6.50. The van der Waals surface area contributed by atoms with Crippen LogP contribution < -0.4 is 5.32 Å². The van der Waals surface area contributed by atoms with Gasteiger partial charge in [-0.25, -0.2) is 4.79 Å². The van der Waals surface area contributed by atoms with Crippen LogP contribution in [0, 0.1) is 5.92 Å². The Hall–Kier alpha value is -1.51. The van der Waals surface area contributed by atoms with E-state index in [0.717, 1.165) is 38.1 Å². The minimum absolute atomic E-state index is 0.116. The fourth-order valence-electron chi connectivity index (χ4n) is 3.54. The highest BCUT2D eigenvalue weighted by Crippen LogP contribution is 2.29. The minimum Gasteiger partial charge on any atom is -0.459 e. The van der Waals surface area contributed by atoms with Gasteiger partial charge in [0.05, 0.1) is 5.56 Å². The first-order chi connectivity index (χ1) is 10.3. The Morgan fingerprint density at radius 3 is 3.10 bits per heavy atom. The third-order valence-electron chi connectivity index (χ3n) is 4.87. The summed E-state index contributed by atoms with van der Waals surface area (Å²) in [6.45, 7) is 3.25. The molecule has 3 nitrogen and oxygen atoms in total. The van der Waals surface area contributed by atoms with Crippen LogP contribution in [0.1, 0.15) is 61.4 Å². The van der Waals surface area contributed by atoms with E-state index in [0.29, 0.717) is 5.56 Å². The average Bonchev–Trinajstić information content (AvgIpc) is 2.54. The molecular weight excluding hydrogens is 262 g/mol. The molecule has 2 atom stereocenters. The summed E-state index contributed by atoms with van der Waals surface area (Å²) in [5, 5.41) is 3.37. The Balaban J connectivity index is 1.65. The summed E-state index contributed by atoms with van der Waals surface area (Å²) in [6.07, 6.45) is 8.02. The van der Waals surface area contributed by atoms with Crippen LogP contribution in [-0.2, 0) is 11.2 Å². The van der Waals surface area contributed by atoms with Gasteiger partial charge in [-0.15, -0.1) is 0 Å². The maximum atomic E-state index is 12.4. The molecule has 0 bridgehead atoms. The highest BCUT2D eigenvalue weighted by Gasteiger charge is 2.24. The lowest BCUT2D eigenvalue weighted by atomic mass is 9.85. The Labute approximate surface area is 127 Å². The van der Waals surface area contributed by atoms with E-state index in [9.17, 15) is 4.79 Å². The fraction of sp³-hybridized carbons (Fsp3) is 0.611. The lowest BCUT2D eigenvalue weighted by Gasteiger charge is -2.28. The Kier molecular flexibility index (Phi) is 4.47. The van der Waals surface area contributed by atoms with Gasteiger partial charge in [-0.3, -0.25) is 0 Å². The van der Waals surface area contributed by atoms with Crippen molar-refractivity contribution in [2.24, 2.45) is 5.92 Å². The van der Waals surface area contributed by atoms with Crippen molar-refractivity contribution < 1.29 is 9.53 Å². The third-order valence-corrected chi connectivity index (χ3v) is 4.87. The van der Waals surface area contributed by atoms with Gasteiger partial charge in [0.2, 0.25) is 0 Å². The topological polar surface area (TPSA) is 38.3 Å². The van der Waals surface area contributed by atoms with Gasteiger partial charge in [-0.2, -0.15) is 0 Å². The summed E-state index contributed by atoms with van der Waals surface area (Å²) >= 11 is 0. The molecule has 1 aromatic carbocycles. The van der Waals surface area contributed by atoms with E-state index in [1.807, 2.05) is 18.2 Å². The van der Waals surface area contributed by atoms with Crippen LogP contribution in [0.2, 0.25) is 0 Å². The SMILES string of the molecule is CCC1CCCC(OC(=O)c2ccc3c(c2)CCCN3)C1. The zero-order valence-electron chi connectivity index (χ0n) is 12.9. The molecule has 1 N–H and O–H groups in total. The average molecular weight is 287 g/mol.